The monoisotopic (exact) mass is 303 g/mol. The van der Waals surface area contributed by atoms with Gasteiger partial charge in [-0.1, -0.05) is 6.07 Å². The molecule has 0 aliphatic carbocycles. The zero-order chi connectivity index (χ0) is 15.5. The molecule has 1 saturated heterocycles. The lowest BCUT2D eigenvalue weighted by Gasteiger charge is -2.37. The van der Waals surface area contributed by atoms with Crippen LogP contribution in [0.3, 0.4) is 0 Å². The molecule has 0 spiro atoms. The van der Waals surface area contributed by atoms with Crippen LogP contribution >= 0.6 is 0 Å². The molecule has 1 fully saturated rings. The number of nitrogens with zero attached hydrogens (tertiary/aromatic N) is 2. The number of carbonyl (C=O) groups is 1. The summed E-state index contributed by atoms with van der Waals surface area (Å²) < 4.78 is 5.39. The van der Waals surface area contributed by atoms with Crippen LogP contribution in [0.1, 0.15) is 19.4 Å². The smallest absolute Gasteiger partial charge is 0.262 e. The van der Waals surface area contributed by atoms with Crippen molar-refractivity contribution in [2.75, 3.05) is 44.6 Å². The number of hydrogen-bond acceptors (Lipinski definition) is 4. The molecule has 5 nitrogen and oxygen atoms in total. The first kappa shape index (κ1) is 15.3. The first-order valence-electron chi connectivity index (χ1n) is 8.14. The average Bonchev–Trinajstić information content (AvgIpc) is 2.53. The van der Waals surface area contributed by atoms with E-state index in [-0.39, 0.29) is 12.5 Å². The van der Waals surface area contributed by atoms with Crippen molar-refractivity contribution in [3.8, 4) is 5.75 Å². The van der Waals surface area contributed by atoms with Gasteiger partial charge in [0.15, 0.2) is 6.61 Å². The van der Waals surface area contributed by atoms with Crippen molar-refractivity contribution in [3.63, 3.8) is 0 Å². The van der Waals surface area contributed by atoms with Crippen molar-refractivity contribution in [2.45, 2.75) is 26.3 Å². The van der Waals surface area contributed by atoms with E-state index < -0.39 is 0 Å². The Labute approximate surface area is 132 Å². The number of benzene rings is 1. The van der Waals surface area contributed by atoms with E-state index in [0.717, 1.165) is 50.6 Å². The average molecular weight is 303 g/mol. The van der Waals surface area contributed by atoms with E-state index in [4.69, 9.17) is 4.74 Å². The van der Waals surface area contributed by atoms with Gasteiger partial charge in [0, 0.05) is 38.8 Å². The molecule has 3 rings (SSSR count). The fraction of sp³-hybridized carbons (Fsp3) is 0.588. The van der Waals surface area contributed by atoms with E-state index in [0.29, 0.717) is 6.04 Å². The van der Waals surface area contributed by atoms with Crippen LogP contribution in [-0.2, 0) is 11.2 Å². The van der Waals surface area contributed by atoms with Gasteiger partial charge in [0.1, 0.15) is 5.75 Å². The summed E-state index contributed by atoms with van der Waals surface area (Å²) in [5.74, 6) is 0.698. The zero-order valence-corrected chi connectivity index (χ0v) is 13.5. The van der Waals surface area contributed by atoms with Gasteiger partial charge in [0.05, 0.1) is 5.69 Å². The molecule has 2 aliphatic heterocycles. The number of amides is 1. The summed E-state index contributed by atoms with van der Waals surface area (Å²) in [6, 6.07) is 6.74. The van der Waals surface area contributed by atoms with Crippen LogP contribution in [0.2, 0.25) is 0 Å². The number of hydrogen-bond donors (Lipinski definition) is 1. The maximum atomic E-state index is 11.4. The number of fused-ring (bicyclic) bond motifs is 1. The van der Waals surface area contributed by atoms with Gasteiger partial charge in [0.25, 0.3) is 5.91 Å². The standard InChI is InChI=1S/C17H25N3O2/c1-13(2)20-9-7-19(8-10-20)6-5-14-3-4-16-15(11-14)18-17(21)12-22-16/h3-4,11,13H,5-10,12H2,1-2H3,(H,18,21). The van der Waals surface area contributed by atoms with Gasteiger partial charge in [-0.05, 0) is 38.0 Å². The molecular weight excluding hydrogens is 278 g/mol. The second-order valence-electron chi connectivity index (χ2n) is 6.39. The van der Waals surface area contributed by atoms with Crippen molar-refractivity contribution in [1.82, 2.24) is 9.80 Å². The number of rotatable bonds is 4. The molecule has 0 bridgehead atoms. The quantitative estimate of drug-likeness (QED) is 0.917. The van der Waals surface area contributed by atoms with Crippen LogP contribution < -0.4 is 10.1 Å². The molecule has 0 radical (unpaired) electrons. The van der Waals surface area contributed by atoms with E-state index in [1.54, 1.807) is 0 Å². The lowest BCUT2D eigenvalue weighted by Crippen LogP contribution is -2.49. The number of nitrogens with one attached hydrogen (secondary N) is 1. The minimum atomic E-state index is -0.0746. The Balaban J connectivity index is 1.52. The van der Waals surface area contributed by atoms with Gasteiger partial charge < -0.3 is 15.0 Å². The van der Waals surface area contributed by atoms with Gasteiger partial charge in [0.2, 0.25) is 0 Å². The number of piperazine rings is 1. The van der Waals surface area contributed by atoms with E-state index in [1.165, 1.54) is 5.56 Å². The molecule has 0 atom stereocenters. The fourth-order valence-corrected chi connectivity index (χ4v) is 3.08. The second-order valence-corrected chi connectivity index (χ2v) is 6.39. The lowest BCUT2D eigenvalue weighted by atomic mass is 10.1. The SMILES string of the molecule is CC(C)N1CCN(CCc2ccc3c(c2)NC(=O)CO3)CC1. The second kappa shape index (κ2) is 6.67. The topological polar surface area (TPSA) is 44.8 Å². The maximum Gasteiger partial charge on any atom is 0.262 e. The van der Waals surface area contributed by atoms with Crippen LogP contribution in [0.4, 0.5) is 5.69 Å². The van der Waals surface area contributed by atoms with Crippen LogP contribution in [0.25, 0.3) is 0 Å². The predicted octanol–water partition coefficient (Wildman–Crippen LogP) is 1.59. The third-order valence-corrected chi connectivity index (χ3v) is 4.53. The molecule has 5 heteroatoms. The first-order chi connectivity index (χ1) is 10.6. The first-order valence-corrected chi connectivity index (χ1v) is 8.14. The van der Waals surface area contributed by atoms with Crippen LogP contribution in [-0.4, -0.2) is 61.1 Å². The molecule has 0 unspecified atom stereocenters. The minimum absolute atomic E-state index is 0.0746. The number of carbonyl (C=O) groups excluding carboxylic acids is 1. The van der Waals surface area contributed by atoms with Crippen molar-refractivity contribution in [2.24, 2.45) is 0 Å². The highest BCUT2D eigenvalue weighted by Crippen LogP contribution is 2.28. The van der Waals surface area contributed by atoms with Gasteiger partial charge >= 0.3 is 0 Å². The highest BCUT2D eigenvalue weighted by molar-refractivity contribution is 5.95. The largest absolute Gasteiger partial charge is 0.482 e. The van der Waals surface area contributed by atoms with Crippen molar-refractivity contribution >= 4 is 11.6 Å². The van der Waals surface area contributed by atoms with Crippen molar-refractivity contribution < 1.29 is 9.53 Å². The van der Waals surface area contributed by atoms with Crippen LogP contribution in [0.5, 0.6) is 5.75 Å². The molecular formula is C17H25N3O2. The third-order valence-electron chi connectivity index (χ3n) is 4.53. The van der Waals surface area contributed by atoms with Crippen LogP contribution in [0, 0.1) is 0 Å². The molecule has 1 aromatic carbocycles. The predicted molar refractivity (Wildman–Crippen MR) is 87.4 cm³/mol. The Morgan fingerprint density at radius 2 is 2.00 bits per heavy atom. The fourth-order valence-electron chi connectivity index (χ4n) is 3.08. The summed E-state index contributed by atoms with van der Waals surface area (Å²) >= 11 is 0. The van der Waals surface area contributed by atoms with Crippen molar-refractivity contribution in [1.29, 1.82) is 0 Å². The highest BCUT2D eigenvalue weighted by Gasteiger charge is 2.19. The summed E-state index contributed by atoms with van der Waals surface area (Å²) in [5, 5.41) is 2.87. The number of anilines is 1. The molecule has 1 amide bonds. The maximum absolute atomic E-state index is 11.4. The summed E-state index contributed by atoms with van der Waals surface area (Å²) in [6.07, 6.45) is 1.00. The van der Waals surface area contributed by atoms with Gasteiger partial charge in [-0.25, -0.2) is 0 Å². The molecule has 2 heterocycles. The minimum Gasteiger partial charge on any atom is -0.482 e. The van der Waals surface area contributed by atoms with E-state index in [9.17, 15) is 4.79 Å². The molecule has 1 N–H and O–H groups in total. The molecule has 0 aromatic heterocycles. The normalized spacial score (nSPS) is 19.7. The summed E-state index contributed by atoms with van der Waals surface area (Å²) in [6.45, 7) is 10.3. The van der Waals surface area contributed by atoms with Gasteiger partial charge in [-0.15, -0.1) is 0 Å². The Bertz CT molecular complexity index is 537. The number of ether oxygens (including phenoxy) is 1. The zero-order valence-electron chi connectivity index (χ0n) is 13.5. The summed E-state index contributed by atoms with van der Waals surface area (Å²) in [7, 11) is 0. The van der Waals surface area contributed by atoms with Crippen LogP contribution in [0.15, 0.2) is 18.2 Å². The Morgan fingerprint density at radius 1 is 1.23 bits per heavy atom. The Hall–Kier alpha value is -1.59. The molecule has 1 aromatic rings. The summed E-state index contributed by atoms with van der Waals surface area (Å²) in [5.41, 5.74) is 2.05. The Morgan fingerprint density at radius 3 is 2.73 bits per heavy atom. The molecule has 120 valence electrons. The third kappa shape index (κ3) is 3.59. The van der Waals surface area contributed by atoms with Gasteiger partial charge in [-0.2, -0.15) is 0 Å². The summed E-state index contributed by atoms with van der Waals surface area (Å²) in [4.78, 5) is 16.4. The molecule has 0 saturated carbocycles. The Kier molecular flexibility index (Phi) is 4.64. The lowest BCUT2D eigenvalue weighted by molar-refractivity contribution is -0.118. The van der Waals surface area contributed by atoms with E-state index in [2.05, 4.69) is 35.0 Å². The highest BCUT2D eigenvalue weighted by atomic mass is 16.5. The molecule has 2 aliphatic rings. The molecule has 22 heavy (non-hydrogen) atoms. The van der Waals surface area contributed by atoms with Crippen molar-refractivity contribution in [3.05, 3.63) is 23.8 Å². The van der Waals surface area contributed by atoms with E-state index >= 15 is 0 Å². The van der Waals surface area contributed by atoms with E-state index in [1.807, 2.05) is 12.1 Å². The van der Waals surface area contributed by atoms with Gasteiger partial charge in [-0.3, -0.25) is 9.69 Å².